The molecule has 1 atom stereocenters. The molecule has 1 aliphatic heterocycles. The average Bonchev–Trinajstić information content (AvgIpc) is 3.21. The molecule has 0 spiro atoms. The summed E-state index contributed by atoms with van der Waals surface area (Å²) in [6.45, 7) is 7.56. The van der Waals surface area contributed by atoms with E-state index in [1.54, 1.807) is 29.2 Å². The first-order valence-electron chi connectivity index (χ1n) is 10.6. The van der Waals surface area contributed by atoms with Gasteiger partial charge in [0.2, 0.25) is 0 Å². The third kappa shape index (κ3) is 6.85. The van der Waals surface area contributed by atoms with Crippen LogP contribution in [-0.4, -0.2) is 46.1 Å². The number of rotatable bonds is 7. The van der Waals surface area contributed by atoms with Crippen LogP contribution in [0.5, 0.6) is 0 Å². The molecule has 1 aromatic heterocycles. The number of aromatic nitrogens is 1. The fraction of sp³-hybridized carbons (Fsp3) is 0.455. The summed E-state index contributed by atoms with van der Waals surface area (Å²) < 4.78 is 5.43. The summed E-state index contributed by atoms with van der Waals surface area (Å²) in [6.07, 6.45) is 1.73. The summed E-state index contributed by atoms with van der Waals surface area (Å²) in [7, 11) is 0. The van der Waals surface area contributed by atoms with E-state index in [2.05, 4.69) is 15.6 Å². The molecule has 0 radical (unpaired) electrons. The first kappa shape index (κ1) is 24.9. The summed E-state index contributed by atoms with van der Waals surface area (Å²) in [6, 6.07) is 6.83. The molecular formula is C22H27Cl2N5O4. The van der Waals surface area contributed by atoms with Crippen LogP contribution in [0, 0.1) is 16.0 Å². The van der Waals surface area contributed by atoms with Crippen LogP contribution in [0.2, 0.25) is 10.0 Å². The predicted molar refractivity (Wildman–Crippen MR) is 129 cm³/mol. The molecular weight excluding hydrogens is 469 g/mol. The van der Waals surface area contributed by atoms with E-state index in [1.165, 1.54) is 6.20 Å². The topological polar surface area (TPSA) is 110 Å². The molecule has 178 valence electrons. The average molecular weight is 496 g/mol. The number of nitro groups is 1. The lowest BCUT2D eigenvalue weighted by atomic mass is 10.1. The van der Waals surface area contributed by atoms with Crippen molar-refractivity contribution in [3.8, 4) is 0 Å². The molecule has 1 fully saturated rings. The summed E-state index contributed by atoms with van der Waals surface area (Å²) in [5.74, 6) is 0.715. The Morgan fingerprint density at radius 2 is 2.09 bits per heavy atom. The first-order valence-corrected chi connectivity index (χ1v) is 11.3. The normalized spacial score (nSPS) is 15.9. The highest BCUT2D eigenvalue weighted by Gasteiger charge is 2.29. The Labute approximate surface area is 202 Å². The number of hydrogen-bond donors (Lipinski definition) is 2. The van der Waals surface area contributed by atoms with Gasteiger partial charge < -0.3 is 20.3 Å². The molecule has 1 saturated heterocycles. The monoisotopic (exact) mass is 495 g/mol. The standard InChI is InChI=1S/C22H27Cl2N5O4/c1-22(2,3)33-21(30)28-8-7-14(13-28)10-26-19-9-17(18(12-27-19)29(31)32)25-11-15-5-4-6-16(23)20(15)24/h4-6,9,12,14H,7-8,10-11,13H2,1-3H3,(H2,25,26,27). The zero-order valence-electron chi connectivity index (χ0n) is 18.7. The van der Waals surface area contributed by atoms with E-state index in [1.807, 2.05) is 20.8 Å². The van der Waals surface area contributed by atoms with Crippen molar-refractivity contribution in [3.05, 3.63) is 56.2 Å². The fourth-order valence-electron chi connectivity index (χ4n) is 3.45. The highest BCUT2D eigenvalue weighted by Crippen LogP contribution is 2.30. The van der Waals surface area contributed by atoms with E-state index in [0.29, 0.717) is 41.2 Å². The number of amides is 1. The predicted octanol–water partition coefficient (Wildman–Crippen LogP) is 5.58. The summed E-state index contributed by atoms with van der Waals surface area (Å²) in [4.78, 5) is 29.1. The van der Waals surface area contributed by atoms with Crippen LogP contribution in [0.4, 0.5) is 22.0 Å². The third-order valence-electron chi connectivity index (χ3n) is 5.09. The second kappa shape index (κ2) is 10.4. The number of pyridine rings is 1. The Hall–Kier alpha value is -2.78. The van der Waals surface area contributed by atoms with Crippen molar-refractivity contribution in [2.24, 2.45) is 5.92 Å². The van der Waals surface area contributed by atoms with Crippen LogP contribution >= 0.6 is 23.2 Å². The van der Waals surface area contributed by atoms with Gasteiger partial charge in [-0.15, -0.1) is 0 Å². The number of ether oxygens (including phenoxy) is 1. The quantitative estimate of drug-likeness (QED) is 0.381. The molecule has 9 nitrogen and oxygen atoms in total. The van der Waals surface area contributed by atoms with Gasteiger partial charge in [-0.1, -0.05) is 35.3 Å². The lowest BCUT2D eigenvalue weighted by Gasteiger charge is -2.24. The van der Waals surface area contributed by atoms with Gasteiger partial charge in [0.1, 0.15) is 23.3 Å². The second-order valence-corrected chi connectivity index (χ2v) is 9.66. The van der Waals surface area contributed by atoms with Crippen molar-refractivity contribution in [2.45, 2.75) is 39.3 Å². The first-order chi connectivity index (χ1) is 15.5. The van der Waals surface area contributed by atoms with Crippen molar-refractivity contribution < 1.29 is 14.5 Å². The summed E-state index contributed by atoms with van der Waals surface area (Å²) in [5.41, 5.74) is 0.360. The zero-order valence-corrected chi connectivity index (χ0v) is 20.2. The van der Waals surface area contributed by atoms with Crippen LogP contribution < -0.4 is 10.6 Å². The van der Waals surface area contributed by atoms with Gasteiger partial charge in [-0.2, -0.15) is 0 Å². The molecule has 0 aliphatic carbocycles. The smallest absolute Gasteiger partial charge is 0.410 e. The number of hydrogen-bond acceptors (Lipinski definition) is 7. The van der Waals surface area contributed by atoms with Crippen molar-refractivity contribution >= 4 is 46.5 Å². The number of likely N-dealkylation sites (tertiary alicyclic amines) is 1. The number of carbonyl (C=O) groups excluding carboxylic acids is 1. The van der Waals surface area contributed by atoms with Gasteiger partial charge in [0, 0.05) is 32.2 Å². The van der Waals surface area contributed by atoms with E-state index in [9.17, 15) is 14.9 Å². The maximum atomic E-state index is 12.2. The van der Waals surface area contributed by atoms with E-state index >= 15 is 0 Å². The molecule has 0 saturated carbocycles. The Balaban J connectivity index is 1.62. The summed E-state index contributed by atoms with van der Waals surface area (Å²) >= 11 is 12.3. The molecule has 3 rings (SSSR count). The van der Waals surface area contributed by atoms with Crippen molar-refractivity contribution in [2.75, 3.05) is 30.3 Å². The van der Waals surface area contributed by atoms with Crippen molar-refractivity contribution in [1.82, 2.24) is 9.88 Å². The zero-order chi connectivity index (χ0) is 24.2. The van der Waals surface area contributed by atoms with Gasteiger partial charge in [0.25, 0.3) is 0 Å². The maximum Gasteiger partial charge on any atom is 0.410 e. The van der Waals surface area contributed by atoms with E-state index < -0.39 is 10.5 Å². The number of halogens is 2. The van der Waals surface area contributed by atoms with E-state index in [4.69, 9.17) is 27.9 Å². The Bertz CT molecular complexity index is 1030. The van der Waals surface area contributed by atoms with Crippen LogP contribution in [0.3, 0.4) is 0 Å². The largest absolute Gasteiger partial charge is 0.444 e. The molecule has 1 amide bonds. The molecule has 2 heterocycles. The number of nitrogens with one attached hydrogen (secondary N) is 2. The molecule has 0 bridgehead atoms. The minimum absolute atomic E-state index is 0.143. The molecule has 1 unspecified atom stereocenters. The Morgan fingerprint density at radius 1 is 1.33 bits per heavy atom. The van der Waals surface area contributed by atoms with Gasteiger partial charge in [0.05, 0.1) is 15.0 Å². The molecule has 33 heavy (non-hydrogen) atoms. The SMILES string of the molecule is CC(C)(C)OC(=O)N1CCC(CNc2cc(NCc3cccc(Cl)c3Cl)c([N+](=O)[O-])cn2)C1. The molecule has 2 N–H and O–H groups in total. The maximum absolute atomic E-state index is 12.2. The van der Waals surface area contributed by atoms with E-state index in [0.717, 1.165) is 12.0 Å². The molecule has 11 heteroatoms. The third-order valence-corrected chi connectivity index (χ3v) is 5.95. The molecule has 1 aliphatic rings. The van der Waals surface area contributed by atoms with Crippen LogP contribution in [0.25, 0.3) is 0 Å². The number of carbonyl (C=O) groups is 1. The fourth-order valence-corrected chi connectivity index (χ4v) is 3.83. The van der Waals surface area contributed by atoms with Gasteiger partial charge in [-0.25, -0.2) is 9.78 Å². The van der Waals surface area contributed by atoms with E-state index in [-0.39, 0.29) is 24.2 Å². The van der Waals surface area contributed by atoms with Crippen LogP contribution in [0.1, 0.15) is 32.8 Å². The lowest BCUT2D eigenvalue weighted by Crippen LogP contribution is -2.35. The molecule has 2 aromatic rings. The van der Waals surface area contributed by atoms with Gasteiger partial charge >= 0.3 is 11.8 Å². The number of anilines is 2. The van der Waals surface area contributed by atoms with Crippen LogP contribution in [-0.2, 0) is 11.3 Å². The molecule has 1 aromatic carbocycles. The van der Waals surface area contributed by atoms with Crippen LogP contribution in [0.15, 0.2) is 30.5 Å². The summed E-state index contributed by atoms with van der Waals surface area (Å²) in [5, 5.41) is 18.5. The van der Waals surface area contributed by atoms with Gasteiger partial charge in [-0.05, 0) is 44.7 Å². The minimum Gasteiger partial charge on any atom is -0.444 e. The Kier molecular flexibility index (Phi) is 7.86. The van der Waals surface area contributed by atoms with Crippen molar-refractivity contribution in [3.63, 3.8) is 0 Å². The minimum atomic E-state index is -0.533. The van der Waals surface area contributed by atoms with Gasteiger partial charge in [0.15, 0.2) is 0 Å². The number of nitrogens with zero attached hydrogens (tertiary/aromatic N) is 3. The lowest BCUT2D eigenvalue weighted by molar-refractivity contribution is -0.384. The van der Waals surface area contributed by atoms with Gasteiger partial charge in [-0.3, -0.25) is 10.1 Å². The Morgan fingerprint density at radius 3 is 2.79 bits per heavy atom. The van der Waals surface area contributed by atoms with Crippen molar-refractivity contribution in [1.29, 1.82) is 0 Å². The number of benzene rings is 1. The highest BCUT2D eigenvalue weighted by molar-refractivity contribution is 6.42. The second-order valence-electron chi connectivity index (χ2n) is 8.87. The highest BCUT2D eigenvalue weighted by atomic mass is 35.5.